The Kier molecular flexibility index (Phi) is 12.1. The lowest BCUT2D eigenvalue weighted by atomic mass is 9.95. The summed E-state index contributed by atoms with van der Waals surface area (Å²) in [6, 6.07) is 17.7. The molecule has 0 radical (unpaired) electrons. The van der Waals surface area contributed by atoms with E-state index in [9.17, 15) is 14.7 Å². The first-order chi connectivity index (χ1) is 21.2. The number of nitrogens with one attached hydrogen (secondary N) is 3. The highest BCUT2D eigenvalue weighted by Crippen LogP contribution is 2.35. The maximum Gasteiger partial charge on any atom is 0.337 e. The van der Waals surface area contributed by atoms with Crippen LogP contribution < -0.4 is 30.3 Å². The van der Waals surface area contributed by atoms with Gasteiger partial charge in [-0.1, -0.05) is 18.2 Å². The fourth-order valence-corrected chi connectivity index (χ4v) is 5.33. The van der Waals surface area contributed by atoms with E-state index >= 15 is 0 Å². The number of hydrogen-bond acceptors (Lipinski definition) is 9. The van der Waals surface area contributed by atoms with Crippen molar-refractivity contribution < 1.29 is 33.6 Å². The number of allylic oxidation sites excluding steroid dienone is 1. The molecular weight excluding hydrogens is 794 g/mol. The molecule has 232 valence electrons. The third-order valence-corrected chi connectivity index (χ3v) is 7.93. The fraction of sp³-hybridized carbons (Fsp3) is 0.258. The number of benzene rings is 3. The molecule has 0 aromatic heterocycles. The van der Waals surface area contributed by atoms with Gasteiger partial charge in [-0.05, 0) is 118 Å². The molecule has 2 atom stereocenters. The zero-order chi connectivity index (χ0) is 31.6. The molecular formula is C31H32I2N4O7. The SMILES string of the molecule is CCOc1cc([C@H]2NC(=O)NC(C)=C2C(=O)OC)ccc1OC[C@@H](O)N/N=C\c1ccc(OCc2ccc(I)cc2)c(I)c1. The molecule has 4 rings (SSSR count). The summed E-state index contributed by atoms with van der Waals surface area (Å²) in [6.07, 6.45) is 0.479. The summed E-state index contributed by atoms with van der Waals surface area (Å²) in [7, 11) is 1.28. The van der Waals surface area contributed by atoms with Crippen LogP contribution in [0.2, 0.25) is 0 Å². The number of hydrogen-bond donors (Lipinski definition) is 4. The number of hydrazone groups is 1. The van der Waals surface area contributed by atoms with Gasteiger partial charge in [0.15, 0.2) is 17.7 Å². The van der Waals surface area contributed by atoms with Crippen LogP contribution in [-0.4, -0.2) is 49.9 Å². The number of nitrogens with zero attached hydrogens (tertiary/aromatic N) is 1. The van der Waals surface area contributed by atoms with Crippen molar-refractivity contribution in [3.8, 4) is 17.2 Å². The molecule has 0 fully saturated rings. The van der Waals surface area contributed by atoms with Crippen molar-refractivity contribution in [2.45, 2.75) is 32.7 Å². The van der Waals surface area contributed by atoms with Crippen LogP contribution in [0, 0.1) is 7.14 Å². The number of carbonyl (C=O) groups is 2. The Labute approximate surface area is 282 Å². The lowest BCUT2D eigenvalue weighted by Crippen LogP contribution is -2.45. The number of aliphatic hydroxyl groups is 1. The zero-order valence-electron chi connectivity index (χ0n) is 24.2. The second-order valence-electron chi connectivity index (χ2n) is 9.52. The molecule has 11 nitrogen and oxygen atoms in total. The number of urea groups is 1. The Hall–Kier alpha value is -3.57. The molecule has 3 aromatic carbocycles. The van der Waals surface area contributed by atoms with Gasteiger partial charge < -0.3 is 34.7 Å². The fourth-order valence-electron chi connectivity index (χ4n) is 4.28. The standard InChI is InChI=1S/C31H32I2N4O7/c1-4-42-26-14-21(29-28(30(39)41-3)18(2)35-31(40)36-29)8-12-25(26)44-17-27(38)37-34-15-20-7-11-24(23(33)13-20)43-16-19-5-9-22(32)10-6-19/h5-15,27,29,37-38H,4,16-17H2,1-3H3,(H2,35,36,40)/b34-15-/t27-,29-/m1/s1. The third kappa shape index (κ3) is 8.98. The van der Waals surface area contributed by atoms with E-state index in [1.807, 2.05) is 49.4 Å². The monoisotopic (exact) mass is 826 g/mol. The Bertz CT molecular complexity index is 1550. The van der Waals surface area contributed by atoms with Gasteiger partial charge in [0.25, 0.3) is 0 Å². The molecule has 0 spiro atoms. The number of carbonyl (C=O) groups excluding carboxylic acids is 2. The second kappa shape index (κ2) is 15.9. The molecule has 0 unspecified atom stereocenters. The number of rotatable bonds is 13. The predicted molar refractivity (Wildman–Crippen MR) is 182 cm³/mol. The van der Waals surface area contributed by atoms with Crippen molar-refractivity contribution in [1.29, 1.82) is 0 Å². The number of esters is 1. The van der Waals surface area contributed by atoms with E-state index in [4.69, 9.17) is 18.9 Å². The van der Waals surface area contributed by atoms with Gasteiger partial charge in [-0.3, -0.25) is 5.43 Å². The molecule has 44 heavy (non-hydrogen) atoms. The summed E-state index contributed by atoms with van der Waals surface area (Å²) in [5.74, 6) is 0.963. The number of ether oxygens (including phenoxy) is 4. The molecule has 1 heterocycles. The van der Waals surface area contributed by atoms with Crippen LogP contribution in [-0.2, 0) is 16.1 Å². The second-order valence-corrected chi connectivity index (χ2v) is 11.9. The van der Waals surface area contributed by atoms with Gasteiger partial charge in [-0.2, -0.15) is 5.10 Å². The van der Waals surface area contributed by atoms with Gasteiger partial charge >= 0.3 is 12.0 Å². The topological polar surface area (TPSA) is 140 Å². The van der Waals surface area contributed by atoms with E-state index < -0.39 is 24.3 Å². The molecule has 1 aliphatic rings. The highest BCUT2D eigenvalue weighted by atomic mass is 127. The molecule has 0 saturated carbocycles. The van der Waals surface area contributed by atoms with Gasteiger partial charge in [0.05, 0.1) is 35.1 Å². The van der Waals surface area contributed by atoms with E-state index in [0.717, 1.165) is 20.4 Å². The van der Waals surface area contributed by atoms with Crippen molar-refractivity contribution in [2.24, 2.45) is 5.10 Å². The zero-order valence-corrected chi connectivity index (χ0v) is 28.5. The first-order valence-electron chi connectivity index (χ1n) is 13.6. The van der Waals surface area contributed by atoms with Gasteiger partial charge in [0.1, 0.15) is 19.0 Å². The molecule has 0 saturated heterocycles. The summed E-state index contributed by atoms with van der Waals surface area (Å²) in [5.41, 5.74) is 5.84. The van der Waals surface area contributed by atoms with Crippen LogP contribution in [0.1, 0.15) is 36.6 Å². The average molecular weight is 826 g/mol. The van der Waals surface area contributed by atoms with E-state index in [1.165, 1.54) is 10.7 Å². The summed E-state index contributed by atoms with van der Waals surface area (Å²) in [6.45, 7) is 4.14. The highest BCUT2D eigenvalue weighted by Gasteiger charge is 2.32. The summed E-state index contributed by atoms with van der Waals surface area (Å²) >= 11 is 4.49. The van der Waals surface area contributed by atoms with Crippen molar-refractivity contribution in [1.82, 2.24) is 16.1 Å². The van der Waals surface area contributed by atoms with Gasteiger partial charge in [0, 0.05) is 9.27 Å². The minimum absolute atomic E-state index is 0.129. The lowest BCUT2D eigenvalue weighted by Gasteiger charge is -2.28. The molecule has 3 aromatic rings. The van der Waals surface area contributed by atoms with E-state index in [1.54, 1.807) is 31.3 Å². The lowest BCUT2D eigenvalue weighted by molar-refractivity contribution is -0.136. The Morgan fingerprint density at radius 2 is 1.80 bits per heavy atom. The third-order valence-electron chi connectivity index (χ3n) is 6.37. The van der Waals surface area contributed by atoms with E-state index in [2.05, 4.69) is 66.3 Å². The van der Waals surface area contributed by atoms with Gasteiger partial charge in [-0.15, -0.1) is 0 Å². The Balaban J connectivity index is 1.34. The smallest absolute Gasteiger partial charge is 0.337 e. The van der Waals surface area contributed by atoms with Crippen molar-refractivity contribution in [3.63, 3.8) is 0 Å². The Morgan fingerprint density at radius 1 is 1.05 bits per heavy atom. The number of aliphatic hydroxyl groups excluding tert-OH is 1. The molecule has 13 heteroatoms. The Morgan fingerprint density at radius 3 is 2.50 bits per heavy atom. The van der Waals surface area contributed by atoms with Gasteiger partial charge in [0.2, 0.25) is 0 Å². The maximum atomic E-state index is 12.4. The van der Waals surface area contributed by atoms with Crippen LogP contribution in [0.5, 0.6) is 17.2 Å². The van der Waals surface area contributed by atoms with Crippen LogP contribution >= 0.6 is 45.2 Å². The van der Waals surface area contributed by atoms with Gasteiger partial charge in [-0.25, -0.2) is 9.59 Å². The van der Waals surface area contributed by atoms with E-state index in [0.29, 0.717) is 36.0 Å². The quantitative estimate of drug-likeness (QED) is 0.0622. The van der Waals surface area contributed by atoms with Crippen molar-refractivity contribution in [2.75, 3.05) is 20.3 Å². The minimum Gasteiger partial charge on any atom is -0.490 e. The first-order valence-corrected chi connectivity index (χ1v) is 15.7. The van der Waals surface area contributed by atoms with E-state index in [-0.39, 0.29) is 12.2 Å². The number of halogens is 2. The maximum absolute atomic E-state index is 12.4. The molecule has 4 N–H and O–H groups in total. The molecule has 0 bridgehead atoms. The molecule has 1 aliphatic heterocycles. The van der Waals surface area contributed by atoms with Crippen molar-refractivity contribution >= 4 is 63.4 Å². The minimum atomic E-state index is -1.11. The summed E-state index contributed by atoms with van der Waals surface area (Å²) in [4.78, 5) is 24.6. The van der Waals surface area contributed by atoms with Crippen LogP contribution in [0.15, 0.2) is 77.0 Å². The molecule has 0 aliphatic carbocycles. The van der Waals surface area contributed by atoms with Crippen LogP contribution in [0.3, 0.4) is 0 Å². The van der Waals surface area contributed by atoms with Crippen molar-refractivity contribution in [3.05, 3.63) is 95.8 Å². The average Bonchev–Trinajstić information content (AvgIpc) is 3.00. The predicted octanol–water partition coefficient (Wildman–Crippen LogP) is 5.00. The molecule has 2 amide bonds. The summed E-state index contributed by atoms with van der Waals surface area (Å²) in [5, 5.41) is 19.9. The van der Waals surface area contributed by atoms with Crippen LogP contribution in [0.4, 0.5) is 4.79 Å². The normalized spacial score (nSPS) is 15.3. The largest absolute Gasteiger partial charge is 0.490 e. The van der Waals surface area contributed by atoms with Crippen LogP contribution in [0.25, 0.3) is 0 Å². The number of amides is 2. The summed E-state index contributed by atoms with van der Waals surface area (Å²) < 4.78 is 24.5. The highest BCUT2D eigenvalue weighted by molar-refractivity contribution is 14.1. The first kappa shape index (κ1) is 33.3. The number of methoxy groups -OCH3 is 1.